The van der Waals surface area contributed by atoms with E-state index in [1.807, 2.05) is 0 Å². The highest BCUT2D eigenvalue weighted by molar-refractivity contribution is 7.92. The highest BCUT2D eigenvalue weighted by Crippen LogP contribution is 2.44. The lowest BCUT2D eigenvalue weighted by Crippen LogP contribution is -2.54. The number of halogens is 2. The Morgan fingerprint density at radius 3 is 2.26 bits per heavy atom. The minimum Gasteiger partial charge on any atom is -0.367 e. The highest BCUT2D eigenvalue weighted by atomic mass is 32.2. The van der Waals surface area contributed by atoms with Crippen LogP contribution in [0.2, 0.25) is 0 Å². The van der Waals surface area contributed by atoms with Crippen LogP contribution < -0.4 is 16.0 Å². The number of carbonyl (C=O) groups excluding carboxylic acids is 1. The largest absolute Gasteiger partial charge is 0.367 e. The Hall–Kier alpha value is -1.74. The molecule has 1 aromatic rings. The van der Waals surface area contributed by atoms with Crippen molar-refractivity contribution >= 4 is 21.4 Å². The van der Waals surface area contributed by atoms with Gasteiger partial charge in [-0.15, -0.1) is 0 Å². The number of nitrogens with two attached hydrogens (primary N) is 1. The van der Waals surface area contributed by atoms with Gasteiger partial charge in [0.25, 0.3) is 0 Å². The van der Waals surface area contributed by atoms with E-state index < -0.39 is 27.4 Å². The molecule has 3 N–H and O–H groups in total. The van der Waals surface area contributed by atoms with Crippen molar-refractivity contribution in [1.29, 1.82) is 0 Å². The number of nitrogens with one attached hydrogen (secondary N) is 1. The number of rotatable bonds is 3. The van der Waals surface area contributed by atoms with Crippen LogP contribution >= 0.6 is 0 Å². The van der Waals surface area contributed by atoms with Gasteiger partial charge in [0.05, 0.1) is 17.4 Å². The SMILES string of the molecule is NCC1C[C@@H](c2cc(F)c(N3CCC4(CC3)CS(=O)(=O)C4)c(F)c2)C(=O)N1. The van der Waals surface area contributed by atoms with Crippen LogP contribution in [0.1, 0.15) is 30.7 Å². The van der Waals surface area contributed by atoms with Crippen LogP contribution in [0.3, 0.4) is 0 Å². The van der Waals surface area contributed by atoms with Crippen molar-refractivity contribution in [3.05, 3.63) is 29.3 Å². The predicted molar refractivity (Wildman–Crippen MR) is 97.2 cm³/mol. The lowest BCUT2D eigenvalue weighted by atomic mass is 9.81. The van der Waals surface area contributed by atoms with E-state index in [1.54, 1.807) is 4.90 Å². The first-order valence-corrected chi connectivity index (χ1v) is 11.0. The van der Waals surface area contributed by atoms with Gasteiger partial charge in [-0.2, -0.15) is 0 Å². The van der Waals surface area contributed by atoms with Gasteiger partial charge in [-0.05, 0) is 37.0 Å². The van der Waals surface area contributed by atoms with Crippen LogP contribution in [0.4, 0.5) is 14.5 Å². The summed E-state index contributed by atoms with van der Waals surface area (Å²) in [5.41, 5.74) is 5.57. The molecule has 3 aliphatic rings. The summed E-state index contributed by atoms with van der Waals surface area (Å²) in [5.74, 6) is -1.88. The Morgan fingerprint density at radius 2 is 1.78 bits per heavy atom. The summed E-state index contributed by atoms with van der Waals surface area (Å²) in [6, 6.07) is 2.30. The maximum absolute atomic E-state index is 14.7. The third kappa shape index (κ3) is 3.31. The average molecular weight is 399 g/mol. The van der Waals surface area contributed by atoms with Gasteiger partial charge < -0.3 is 16.0 Å². The Morgan fingerprint density at radius 1 is 1.19 bits per heavy atom. The van der Waals surface area contributed by atoms with E-state index in [9.17, 15) is 22.0 Å². The van der Waals surface area contributed by atoms with Crippen LogP contribution in [-0.4, -0.2) is 51.5 Å². The van der Waals surface area contributed by atoms with E-state index in [1.165, 1.54) is 12.1 Å². The number of benzene rings is 1. The third-order valence-electron chi connectivity index (χ3n) is 6.10. The summed E-state index contributed by atoms with van der Waals surface area (Å²) in [5, 5.41) is 2.73. The Bertz CT molecular complexity index is 845. The van der Waals surface area contributed by atoms with Crippen molar-refractivity contribution in [1.82, 2.24) is 5.32 Å². The van der Waals surface area contributed by atoms with Crippen LogP contribution in [-0.2, 0) is 14.6 Å². The van der Waals surface area contributed by atoms with Gasteiger partial charge >= 0.3 is 0 Å². The van der Waals surface area contributed by atoms with Gasteiger partial charge in [0.1, 0.15) is 17.3 Å². The fraction of sp³-hybridized carbons (Fsp3) is 0.611. The van der Waals surface area contributed by atoms with Crippen LogP contribution in [0.15, 0.2) is 12.1 Å². The molecular formula is C18H23F2N3O3S. The van der Waals surface area contributed by atoms with Crippen molar-refractivity contribution in [3.8, 4) is 0 Å². The Balaban J connectivity index is 1.51. The van der Waals surface area contributed by atoms with Gasteiger partial charge in [0, 0.05) is 31.1 Å². The van der Waals surface area contributed by atoms with Crippen LogP contribution in [0, 0.1) is 17.0 Å². The zero-order valence-electron chi connectivity index (χ0n) is 14.9. The quantitative estimate of drug-likeness (QED) is 0.788. The first-order chi connectivity index (χ1) is 12.7. The van der Waals surface area contributed by atoms with Gasteiger partial charge in [-0.3, -0.25) is 4.79 Å². The minimum atomic E-state index is -2.93. The number of sulfone groups is 1. The first-order valence-electron chi connectivity index (χ1n) is 9.17. The van der Waals surface area contributed by atoms with E-state index in [2.05, 4.69) is 5.32 Å². The smallest absolute Gasteiger partial charge is 0.227 e. The van der Waals surface area contributed by atoms with Crippen molar-refractivity contribution in [2.24, 2.45) is 11.1 Å². The van der Waals surface area contributed by atoms with Gasteiger partial charge in [0.2, 0.25) is 5.91 Å². The summed E-state index contributed by atoms with van der Waals surface area (Å²) < 4.78 is 52.4. The van der Waals surface area contributed by atoms with E-state index in [0.29, 0.717) is 37.9 Å². The number of nitrogens with zero attached hydrogens (tertiary/aromatic N) is 1. The standard InChI is InChI=1S/C18H23F2N3O3S/c19-14-5-11(13-7-12(8-21)22-17(13)24)6-15(20)16(14)23-3-1-18(2-4-23)9-27(25,26)10-18/h5-6,12-13H,1-4,7-10,21H2,(H,22,24)/t12?,13-/m0/s1. The van der Waals surface area contributed by atoms with E-state index in [0.717, 1.165) is 0 Å². The molecule has 3 fully saturated rings. The number of piperidine rings is 1. The molecule has 0 radical (unpaired) electrons. The summed E-state index contributed by atoms with van der Waals surface area (Å²) in [4.78, 5) is 13.7. The van der Waals surface area contributed by atoms with Crippen molar-refractivity contribution in [2.45, 2.75) is 31.2 Å². The fourth-order valence-corrected chi connectivity index (χ4v) is 7.03. The molecule has 6 nitrogen and oxygen atoms in total. The lowest BCUT2D eigenvalue weighted by Gasteiger charge is -2.47. The van der Waals surface area contributed by atoms with Crippen molar-refractivity contribution in [2.75, 3.05) is 36.0 Å². The first kappa shape index (κ1) is 18.6. The normalized spacial score (nSPS) is 28.9. The Kier molecular flexibility index (Phi) is 4.42. The summed E-state index contributed by atoms with van der Waals surface area (Å²) in [7, 11) is -2.93. The van der Waals surface area contributed by atoms with E-state index in [4.69, 9.17) is 5.73 Å². The second-order valence-electron chi connectivity index (χ2n) is 8.08. The molecule has 1 unspecified atom stereocenters. The second-order valence-corrected chi connectivity index (χ2v) is 10.1. The van der Waals surface area contributed by atoms with Crippen LogP contribution in [0.25, 0.3) is 0 Å². The molecular weight excluding hydrogens is 376 g/mol. The molecule has 27 heavy (non-hydrogen) atoms. The number of anilines is 1. The fourth-order valence-electron chi connectivity index (χ4n) is 4.67. The van der Waals surface area contributed by atoms with Crippen LogP contribution in [0.5, 0.6) is 0 Å². The molecule has 3 heterocycles. The average Bonchev–Trinajstić information content (AvgIpc) is 2.95. The summed E-state index contributed by atoms with van der Waals surface area (Å²) in [6.45, 7) is 1.13. The predicted octanol–water partition coefficient (Wildman–Crippen LogP) is 0.911. The molecule has 0 aliphatic carbocycles. The monoisotopic (exact) mass is 399 g/mol. The number of hydrogen-bond donors (Lipinski definition) is 2. The molecule has 2 atom stereocenters. The molecule has 0 saturated carbocycles. The number of amides is 1. The van der Waals surface area contributed by atoms with Crippen molar-refractivity contribution in [3.63, 3.8) is 0 Å². The zero-order chi connectivity index (χ0) is 19.4. The maximum atomic E-state index is 14.7. The van der Waals surface area contributed by atoms with Gasteiger partial charge in [-0.25, -0.2) is 17.2 Å². The summed E-state index contributed by atoms with van der Waals surface area (Å²) >= 11 is 0. The van der Waals surface area contributed by atoms with Gasteiger partial charge in [-0.1, -0.05) is 0 Å². The van der Waals surface area contributed by atoms with E-state index in [-0.39, 0.29) is 41.1 Å². The molecule has 4 rings (SSSR count). The third-order valence-corrected chi connectivity index (χ3v) is 8.21. The molecule has 3 saturated heterocycles. The molecule has 9 heteroatoms. The molecule has 0 bridgehead atoms. The molecule has 3 aliphatic heterocycles. The summed E-state index contributed by atoms with van der Waals surface area (Å²) in [6.07, 6.45) is 1.64. The van der Waals surface area contributed by atoms with Gasteiger partial charge in [0.15, 0.2) is 9.84 Å². The van der Waals surface area contributed by atoms with E-state index >= 15 is 0 Å². The topological polar surface area (TPSA) is 92.5 Å². The Labute approximate surface area is 157 Å². The second kappa shape index (κ2) is 6.41. The van der Waals surface area contributed by atoms with Crippen molar-refractivity contribution < 1.29 is 22.0 Å². The zero-order valence-corrected chi connectivity index (χ0v) is 15.7. The number of hydrogen-bond acceptors (Lipinski definition) is 5. The molecule has 1 aromatic carbocycles. The molecule has 1 amide bonds. The number of carbonyl (C=O) groups is 1. The highest BCUT2D eigenvalue weighted by Gasteiger charge is 2.49. The minimum absolute atomic E-state index is 0.0930. The molecule has 0 aromatic heterocycles. The lowest BCUT2D eigenvalue weighted by molar-refractivity contribution is -0.120. The molecule has 1 spiro atoms. The maximum Gasteiger partial charge on any atom is 0.227 e. The molecule has 148 valence electrons.